The molecule has 0 atom stereocenters. The van der Waals surface area contributed by atoms with Gasteiger partial charge in [-0.3, -0.25) is 0 Å². The molecule has 0 aliphatic heterocycles. The third-order valence-electron chi connectivity index (χ3n) is 21.2. The van der Waals surface area contributed by atoms with Crippen molar-refractivity contribution in [3.05, 3.63) is 382 Å². The first kappa shape index (κ1) is 61.9. The first-order valence-corrected chi connectivity index (χ1v) is 36.5. The predicted molar refractivity (Wildman–Crippen MR) is 447 cm³/mol. The number of benzene rings is 16. The van der Waals surface area contributed by atoms with Crippen LogP contribution in [0.2, 0.25) is 0 Å². The Morgan fingerprint density at radius 3 is 0.907 bits per heavy atom. The van der Waals surface area contributed by atoms with Crippen molar-refractivity contribution in [2.24, 2.45) is 0 Å². The molecule has 0 saturated carbocycles. The van der Waals surface area contributed by atoms with Crippen molar-refractivity contribution in [2.45, 2.75) is 0 Å². The number of aromatic nitrogens is 9. The highest BCUT2D eigenvalue weighted by Gasteiger charge is 2.26. The van der Waals surface area contributed by atoms with E-state index in [0.717, 1.165) is 84.1 Å². The third-order valence-corrected chi connectivity index (χ3v) is 21.2. The highest BCUT2D eigenvalue weighted by atomic mass is 15.1. The minimum absolute atomic E-state index is 0.637. The number of hydrogen-bond donors (Lipinski definition) is 0. The van der Waals surface area contributed by atoms with Crippen molar-refractivity contribution in [3.63, 3.8) is 0 Å². The molecule has 0 N–H and O–H groups in total. The van der Waals surface area contributed by atoms with E-state index in [1.54, 1.807) is 0 Å². The zero-order chi connectivity index (χ0) is 71.2. The maximum absolute atomic E-state index is 5.11. The molecule has 0 fully saturated rings. The van der Waals surface area contributed by atoms with E-state index in [1.165, 1.54) is 92.2 Å². The molecule has 9 heteroatoms. The Balaban J connectivity index is 0.000000138. The standard InChI is InChI=1S/C50H32N4.C49H31N5/c1-4-16-33(17-5-1)42-32-43(34-18-6-2-7-19-34)52-50(51-42)35-28-30-37(31-29-35)54-45-27-15-13-25-41(45)47-39-23-11-10-22-38(39)46-40-24-12-14-26-44(40)53(48(46)49(47)54)36-20-8-3-9-21-36;1-4-14-32(15-5-1)47-50-48(33-16-6-2-7-17-33)52-49(51-47)34-24-26-38(27-25-34)54-44-29-36-19-11-10-18-35(36)28-40(44)42-31-45-41(30-46(42)54)39-22-12-13-23-43(39)53(45)37-20-8-3-9-21-37/h1-32H;1-31H. The van der Waals surface area contributed by atoms with Gasteiger partial charge in [0, 0.05) is 99.2 Å². The highest BCUT2D eigenvalue weighted by molar-refractivity contribution is 6.36. The monoisotopic (exact) mass is 1380 g/mol. The summed E-state index contributed by atoms with van der Waals surface area (Å²) in [6.07, 6.45) is 0. The lowest BCUT2D eigenvalue weighted by atomic mass is 9.98. The fourth-order valence-electron chi connectivity index (χ4n) is 16.3. The second kappa shape index (κ2) is 25.6. The quantitative estimate of drug-likeness (QED) is 0.136. The second-order valence-electron chi connectivity index (χ2n) is 27.5. The Morgan fingerprint density at radius 1 is 0.167 bits per heavy atom. The van der Waals surface area contributed by atoms with Crippen molar-refractivity contribution in [1.29, 1.82) is 0 Å². The Morgan fingerprint density at radius 2 is 0.454 bits per heavy atom. The summed E-state index contributed by atoms with van der Waals surface area (Å²) in [4.78, 5) is 25.1. The SMILES string of the molecule is c1ccc(-c2cc(-c3ccccc3)nc(-c3ccc(-n4c5ccccc5c5c6ccccc6c6c7ccccc7n(-c7ccccc7)c6c54)cc3)n2)cc1.c1ccc(-c2nc(-c3ccccc3)nc(-c3ccc(-n4c5cc6ccccc6cc5c5cc6c(cc54)c4ccccc4n6-c4ccccc4)cc3)n2)cc1. The summed E-state index contributed by atoms with van der Waals surface area (Å²) < 4.78 is 9.72. The van der Waals surface area contributed by atoms with Crippen LogP contribution in [0.3, 0.4) is 0 Å². The van der Waals surface area contributed by atoms with Gasteiger partial charge in [0.15, 0.2) is 23.3 Å². The van der Waals surface area contributed by atoms with Gasteiger partial charge < -0.3 is 18.3 Å². The van der Waals surface area contributed by atoms with E-state index in [0.29, 0.717) is 23.3 Å². The fourth-order valence-corrected chi connectivity index (χ4v) is 16.3. The van der Waals surface area contributed by atoms with Crippen LogP contribution in [0.1, 0.15) is 0 Å². The molecule has 6 aromatic heterocycles. The van der Waals surface area contributed by atoms with Crippen molar-refractivity contribution in [3.8, 4) is 90.8 Å². The van der Waals surface area contributed by atoms with Gasteiger partial charge in [-0.25, -0.2) is 24.9 Å². The summed E-state index contributed by atoms with van der Waals surface area (Å²) in [7, 11) is 0. The van der Waals surface area contributed by atoms with Crippen molar-refractivity contribution in [1.82, 2.24) is 43.2 Å². The normalized spacial score (nSPS) is 11.7. The Bertz CT molecular complexity index is 7120. The number of para-hydroxylation sites is 5. The maximum Gasteiger partial charge on any atom is 0.164 e. The first-order chi connectivity index (χ1) is 53.6. The lowest BCUT2D eigenvalue weighted by molar-refractivity contribution is 1.07. The van der Waals surface area contributed by atoms with Crippen LogP contribution in [-0.4, -0.2) is 43.2 Å². The lowest BCUT2D eigenvalue weighted by Gasteiger charge is -2.14. The minimum atomic E-state index is 0.637. The molecule has 0 amide bonds. The van der Waals surface area contributed by atoms with E-state index in [-0.39, 0.29) is 0 Å². The van der Waals surface area contributed by atoms with Gasteiger partial charge in [0.1, 0.15) is 0 Å². The molecule has 0 aliphatic carbocycles. The molecule has 0 saturated heterocycles. The fraction of sp³-hybridized carbons (Fsp3) is 0. The van der Waals surface area contributed by atoms with E-state index >= 15 is 0 Å². The molecule has 6 heterocycles. The third kappa shape index (κ3) is 10.3. The van der Waals surface area contributed by atoms with Gasteiger partial charge in [0.2, 0.25) is 0 Å². The molecule has 22 rings (SSSR count). The zero-order valence-corrected chi connectivity index (χ0v) is 58.4. The number of rotatable bonds is 10. The topological polar surface area (TPSA) is 84.2 Å². The summed E-state index contributed by atoms with van der Waals surface area (Å²) in [5.74, 6) is 2.63. The molecule has 16 aromatic carbocycles. The lowest BCUT2D eigenvalue weighted by Crippen LogP contribution is -2.00. The van der Waals surface area contributed by atoms with Crippen LogP contribution in [0.5, 0.6) is 0 Å². The van der Waals surface area contributed by atoms with E-state index < -0.39 is 0 Å². The Kier molecular flexibility index (Phi) is 14.7. The molecule has 108 heavy (non-hydrogen) atoms. The molecule has 0 bridgehead atoms. The zero-order valence-electron chi connectivity index (χ0n) is 58.4. The smallest absolute Gasteiger partial charge is 0.164 e. The van der Waals surface area contributed by atoms with Crippen LogP contribution < -0.4 is 0 Å². The van der Waals surface area contributed by atoms with Gasteiger partial charge in [-0.15, -0.1) is 0 Å². The maximum atomic E-state index is 5.11. The van der Waals surface area contributed by atoms with Gasteiger partial charge in [0.25, 0.3) is 0 Å². The largest absolute Gasteiger partial charge is 0.309 e. The molecule has 504 valence electrons. The Labute approximate surface area is 621 Å². The molecule has 0 aliphatic rings. The van der Waals surface area contributed by atoms with Crippen LogP contribution >= 0.6 is 0 Å². The van der Waals surface area contributed by atoms with Crippen molar-refractivity contribution >= 4 is 109 Å². The average Bonchev–Trinajstić information content (AvgIpc) is 1.66. The molecular weight excluding hydrogens is 1320 g/mol. The highest BCUT2D eigenvalue weighted by Crippen LogP contribution is 2.48. The summed E-state index contributed by atoms with van der Waals surface area (Å²) in [6.45, 7) is 0. The molecule has 0 radical (unpaired) electrons. The summed E-state index contributed by atoms with van der Waals surface area (Å²) >= 11 is 0. The van der Waals surface area contributed by atoms with Crippen molar-refractivity contribution < 1.29 is 0 Å². The number of nitrogens with zero attached hydrogens (tertiary/aromatic N) is 9. The van der Waals surface area contributed by atoms with Gasteiger partial charge in [-0.05, 0) is 143 Å². The summed E-state index contributed by atoms with van der Waals surface area (Å²) in [5.41, 5.74) is 21.6. The van der Waals surface area contributed by atoms with Gasteiger partial charge in [-0.2, -0.15) is 0 Å². The van der Waals surface area contributed by atoms with Crippen molar-refractivity contribution in [2.75, 3.05) is 0 Å². The molecule has 22 aromatic rings. The molecule has 0 spiro atoms. The van der Waals surface area contributed by atoms with Crippen LogP contribution in [0.25, 0.3) is 200 Å². The molecule has 0 unspecified atom stereocenters. The van der Waals surface area contributed by atoms with E-state index in [1.807, 2.05) is 72.8 Å². The van der Waals surface area contributed by atoms with Gasteiger partial charge in [0.05, 0.1) is 55.5 Å². The number of fused-ring (bicyclic) bond motifs is 17. The van der Waals surface area contributed by atoms with Gasteiger partial charge >= 0.3 is 0 Å². The first-order valence-electron chi connectivity index (χ1n) is 36.5. The second-order valence-corrected chi connectivity index (χ2v) is 27.5. The van der Waals surface area contributed by atoms with Crippen LogP contribution in [0, 0.1) is 0 Å². The van der Waals surface area contributed by atoms with Crippen LogP contribution in [0.4, 0.5) is 0 Å². The minimum Gasteiger partial charge on any atom is -0.309 e. The predicted octanol–water partition coefficient (Wildman–Crippen LogP) is 25.0. The summed E-state index contributed by atoms with van der Waals surface area (Å²) in [5, 5.41) is 14.8. The average molecular weight is 1380 g/mol. The van der Waals surface area contributed by atoms with Crippen LogP contribution in [-0.2, 0) is 0 Å². The Hall–Kier alpha value is -14.7. The van der Waals surface area contributed by atoms with Crippen LogP contribution in [0.15, 0.2) is 382 Å². The number of hydrogen-bond acceptors (Lipinski definition) is 5. The van der Waals surface area contributed by atoms with E-state index in [9.17, 15) is 0 Å². The van der Waals surface area contributed by atoms with Gasteiger partial charge in [-0.1, -0.05) is 261 Å². The molecule has 9 nitrogen and oxygen atoms in total. The van der Waals surface area contributed by atoms with E-state index in [4.69, 9.17) is 24.9 Å². The van der Waals surface area contributed by atoms with E-state index in [2.05, 4.69) is 328 Å². The summed E-state index contributed by atoms with van der Waals surface area (Å²) in [6, 6.07) is 135. The molecular formula is C99H63N9.